The van der Waals surface area contributed by atoms with Gasteiger partial charge in [-0.1, -0.05) is 6.42 Å². The summed E-state index contributed by atoms with van der Waals surface area (Å²) in [5, 5.41) is 4.31. The Balaban J connectivity index is 1.58. The summed E-state index contributed by atoms with van der Waals surface area (Å²) in [7, 11) is 0. The first-order chi connectivity index (χ1) is 9.81. The van der Waals surface area contributed by atoms with E-state index in [1.807, 2.05) is 23.6 Å². The van der Waals surface area contributed by atoms with Gasteiger partial charge in [0.15, 0.2) is 0 Å². The van der Waals surface area contributed by atoms with Gasteiger partial charge >= 0.3 is 0 Å². The lowest BCUT2D eigenvalue weighted by Gasteiger charge is -2.35. The molecule has 1 aliphatic rings. The summed E-state index contributed by atoms with van der Waals surface area (Å²) >= 11 is 1.94. The third kappa shape index (κ3) is 3.49. The molecule has 3 nitrogen and oxygen atoms in total. The lowest BCUT2D eigenvalue weighted by molar-refractivity contribution is 0.128. The number of hydrogen-bond acceptors (Lipinski definition) is 3. The molecule has 1 saturated heterocycles. The van der Waals surface area contributed by atoms with E-state index < -0.39 is 0 Å². The number of piperidine rings is 1. The van der Waals surface area contributed by atoms with Gasteiger partial charge in [0.2, 0.25) is 0 Å². The zero-order valence-electron chi connectivity index (χ0n) is 12.2. The lowest BCUT2D eigenvalue weighted by atomic mass is 9.99. The van der Waals surface area contributed by atoms with Crippen LogP contribution in [0.2, 0.25) is 0 Å². The number of hydrogen-bond donors (Lipinski definition) is 0. The highest BCUT2D eigenvalue weighted by Crippen LogP contribution is 2.25. The van der Waals surface area contributed by atoms with Crippen LogP contribution in [0, 0.1) is 6.92 Å². The van der Waals surface area contributed by atoms with Crippen LogP contribution in [-0.2, 0) is 13.1 Å². The third-order valence-corrected chi connectivity index (χ3v) is 5.14. The first kappa shape index (κ1) is 13.8. The molecule has 2 aromatic rings. The Morgan fingerprint density at radius 1 is 1.35 bits per heavy atom. The molecule has 0 bridgehead atoms. The van der Waals surface area contributed by atoms with Crippen LogP contribution < -0.4 is 0 Å². The minimum atomic E-state index is 0.718. The highest BCUT2D eigenvalue weighted by atomic mass is 32.1. The predicted octanol–water partition coefficient (Wildman–Crippen LogP) is 3.70. The van der Waals surface area contributed by atoms with E-state index in [0.29, 0.717) is 0 Å². The standard InChI is InChI=1S/C16H23N3S/c1-14-6-7-16(20-14)13-18-10-3-2-5-15(18)8-12-19-11-4-9-17-19/h4,6-7,9,11,15H,2-3,5,8,10,12-13H2,1H3. The molecule has 0 radical (unpaired) electrons. The Kier molecular flexibility index (Phi) is 4.53. The van der Waals surface area contributed by atoms with E-state index in [1.165, 1.54) is 42.0 Å². The van der Waals surface area contributed by atoms with Crippen molar-refractivity contribution < 1.29 is 0 Å². The van der Waals surface area contributed by atoms with Crippen LogP contribution in [0.5, 0.6) is 0 Å². The molecular formula is C16H23N3S. The molecule has 4 heteroatoms. The Hall–Kier alpha value is -1.13. The van der Waals surface area contributed by atoms with Crippen molar-refractivity contribution in [1.29, 1.82) is 0 Å². The van der Waals surface area contributed by atoms with Crippen molar-refractivity contribution in [3.8, 4) is 0 Å². The number of aromatic nitrogens is 2. The Morgan fingerprint density at radius 2 is 2.30 bits per heavy atom. The van der Waals surface area contributed by atoms with Crippen LogP contribution in [0.1, 0.15) is 35.4 Å². The number of aryl methyl sites for hydroxylation is 2. The fraction of sp³-hybridized carbons (Fsp3) is 0.562. The zero-order valence-corrected chi connectivity index (χ0v) is 13.0. The molecule has 0 aliphatic carbocycles. The zero-order chi connectivity index (χ0) is 13.8. The summed E-state index contributed by atoms with van der Waals surface area (Å²) in [5.74, 6) is 0. The van der Waals surface area contributed by atoms with Gasteiger partial charge in [-0.05, 0) is 50.9 Å². The smallest absolute Gasteiger partial charge is 0.0489 e. The second-order valence-electron chi connectivity index (χ2n) is 5.69. The van der Waals surface area contributed by atoms with Gasteiger partial charge in [0.25, 0.3) is 0 Å². The number of thiophene rings is 1. The summed E-state index contributed by atoms with van der Waals surface area (Å²) in [6.07, 6.45) is 9.22. The Morgan fingerprint density at radius 3 is 3.05 bits per heavy atom. The van der Waals surface area contributed by atoms with Gasteiger partial charge in [0.1, 0.15) is 0 Å². The quantitative estimate of drug-likeness (QED) is 0.837. The van der Waals surface area contributed by atoms with Gasteiger partial charge < -0.3 is 0 Å². The normalized spacial score (nSPS) is 20.4. The van der Waals surface area contributed by atoms with E-state index in [-0.39, 0.29) is 0 Å². The molecule has 0 N–H and O–H groups in total. The fourth-order valence-electron chi connectivity index (χ4n) is 3.08. The number of rotatable bonds is 5. The SMILES string of the molecule is Cc1ccc(CN2CCCCC2CCn2cccn2)s1. The number of nitrogens with zero attached hydrogens (tertiary/aromatic N) is 3. The lowest BCUT2D eigenvalue weighted by Crippen LogP contribution is -2.39. The van der Waals surface area contributed by atoms with Gasteiger partial charge in [0, 0.05) is 41.3 Å². The molecule has 0 aromatic carbocycles. The van der Waals surface area contributed by atoms with Crippen molar-refractivity contribution in [2.75, 3.05) is 6.54 Å². The summed E-state index contributed by atoms with van der Waals surface area (Å²) < 4.78 is 2.06. The molecule has 2 aromatic heterocycles. The Bertz CT molecular complexity index is 518. The molecule has 1 atom stereocenters. The first-order valence-electron chi connectivity index (χ1n) is 7.58. The second-order valence-corrected chi connectivity index (χ2v) is 7.06. The highest BCUT2D eigenvalue weighted by Gasteiger charge is 2.22. The van der Waals surface area contributed by atoms with E-state index in [4.69, 9.17) is 0 Å². The van der Waals surface area contributed by atoms with Gasteiger partial charge in [-0.2, -0.15) is 5.10 Å². The van der Waals surface area contributed by atoms with E-state index in [2.05, 4.69) is 39.9 Å². The number of likely N-dealkylation sites (tertiary alicyclic amines) is 1. The maximum absolute atomic E-state index is 4.31. The molecule has 1 fully saturated rings. The minimum Gasteiger partial charge on any atom is -0.295 e. The summed E-state index contributed by atoms with van der Waals surface area (Å²) in [4.78, 5) is 5.61. The van der Waals surface area contributed by atoms with Gasteiger partial charge in [0.05, 0.1) is 0 Å². The van der Waals surface area contributed by atoms with Crippen molar-refractivity contribution >= 4 is 11.3 Å². The largest absolute Gasteiger partial charge is 0.295 e. The molecule has 1 aliphatic heterocycles. The molecule has 0 amide bonds. The first-order valence-corrected chi connectivity index (χ1v) is 8.40. The fourth-order valence-corrected chi connectivity index (χ4v) is 4.00. The molecule has 20 heavy (non-hydrogen) atoms. The van der Waals surface area contributed by atoms with Gasteiger partial charge in [-0.15, -0.1) is 11.3 Å². The van der Waals surface area contributed by atoms with Gasteiger partial charge in [-0.25, -0.2) is 0 Å². The van der Waals surface area contributed by atoms with Crippen molar-refractivity contribution in [2.45, 2.75) is 51.7 Å². The minimum absolute atomic E-state index is 0.718. The van der Waals surface area contributed by atoms with Crippen LogP contribution in [0.25, 0.3) is 0 Å². The van der Waals surface area contributed by atoms with Gasteiger partial charge in [-0.3, -0.25) is 9.58 Å². The predicted molar refractivity (Wildman–Crippen MR) is 83.9 cm³/mol. The second kappa shape index (κ2) is 6.55. The van der Waals surface area contributed by atoms with Crippen molar-refractivity contribution in [3.05, 3.63) is 40.3 Å². The van der Waals surface area contributed by atoms with E-state index in [1.54, 1.807) is 0 Å². The Labute approximate surface area is 125 Å². The average Bonchev–Trinajstić information content (AvgIpc) is 3.10. The summed E-state index contributed by atoms with van der Waals surface area (Å²) in [6.45, 7) is 5.61. The van der Waals surface area contributed by atoms with Crippen LogP contribution in [0.4, 0.5) is 0 Å². The van der Waals surface area contributed by atoms with Crippen LogP contribution in [0.15, 0.2) is 30.6 Å². The van der Waals surface area contributed by atoms with Crippen molar-refractivity contribution in [2.24, 2.45) is 0 Å². The van der Waals surface area contributed by atoms with Crippen molar-refractivity contribution in [1.82, 2.24) is 14.7 Å². The monoisotopic (exact) mass is 289 g/mol. The van der Waals surface area contributed by atoms with E-state index >= 15 is 0 Å². The average molecular weight is 289 g/mol. The molecule has 3 rings (SSSR count). The van der Waals surface area contributed by atoms with Crippen LogP contribution in [-0.4, -0.2) is 27.3 Å². The molecule has 108 valence electrons. The topological polar surface area (TPSA) is 21.1 Å². The van der Waals surface area contributed by atoms with E-state index in [0.717, 1.165) is 19.1 Å². The molecule has 3 heterocycles. The molecular weight excluding hydrogens is 266 g/mol. The van der Waals surface area contributed by atoms with Crippen LogP contribution in [0.3, 0.4) is 0 Å². The summed E-state index contributed by atoms with van der Waals surface area (Å²) in [6, 6.07) is 7.25. The molecule has 0 saturated carbocycles. The van der Waals surface area contributed by atoms with E-state index in [9.17, 15) is 0 Å². The molecule has 1 unspecified atom stereocenters. The highest BCUT2D eigenvalue weighted by molar-refractivity contribution is 7.11. The third-order valence-electron chi connectivity index (χ3n) is 4.15. The van der Waals surface area contributed by atoms with Crippen molar-refractivity contribution in [3.63, 3.8) is 0 Å². The maximum Gasteiger partial charge on any atom is 0.0489 e. The summed E-state index contributed by atoms with van der Waals surface area (Å²) in [5.41, 5.74) is 0. The van der Waals surface area contributed by atoms with Crippen LogP contribution >= 0.6 is 11.3 Å². The molecule has 0 spiro atoms. The maximum atomic E-state index is 4.31.